The second kappa shape index (κ2) is 6.54. The Balaban J connectivity index is 1.81. The van der Waals surface area contributed by atoms with E-state index >= 15 is 0 Å². The van der Waals surface area contributed by atoms with E-state index in [0.29, 0.717) is 12.6 Å². The van der Waals surface area contributed by atoms with Gasteiger partial charge in [0, 0.05) is 30.7 Å². The molecule has 2 unspecified atom stereocenters. The number of nitrogens with zero attached hydrogens (tertiary/aromatic N) is 2. The van der Waals surface area contributed by atoms with Crippen molar-refractivity contribution < 1.29 is 0 Å². The molecule has 3 nitrogen and oxygen atoms in total. The molecule has 1 aliphatic heterocycles. The molecule has 2 N–H and O–H groups in total. The zero-order valence-electron chi connectivity index (χ0n) is 12.8. The molecule has 0 bridgehead atoms. The lowest BCUT2D eigenvalue weighted by molar-refractivity contribution is 0.240. The molecule has 0 radical (unpaired) electrons. The van der Waals surface area contributed by atoms with Gasteiger partial charge in [-0.2, -0.15) is 0 Å². The standard InChI is InChI=1S/C18H25N3/c1-2-4-14-8-10-21(13-14)18(12-19)16-6-7-17-15(11-16)5-3-9-20-17/h3,5-7,9,11,14,18H,2,4,8,10,12-13,19H2,1H3. The summed E-state index contributed by atoms with van der Waals surface area (Å²) in [6.45, 7) is 5.34. The topological polar surface area (TPSA) is 42.1 Å². The maximum atomic E-state index is 6.09. The van der Waals surface area contributed by atoms with Gasteiger partial charge >= 0.3 is 0 Å². The number of pyridine rings is 1. The van der Waals surface area contributed by atoms with E-state index in [0.717, 1.165) is 11.4 Å². The van der Waals surface area contributed by atoms with Gasteiger partial charge in [-0.3, -0.25) is 9.88 Å². The number of hydrogen-bond acceptors (Lipinski definition) is 3. The quantitative estimate of drug-likeness (QED) is 0.915. The first kappa shape index (κ1) is 14.5. The van der Waals surface area contributed by atoms with Crippen molar-refractivity contribution in [2.45, 2.75) is 32.2 Å². The highest BCUT2D eigenvalue weighted by atomic mass is 15.2. The van der Waals surface area contributed by atoms with Crippen molar-refractivity contribution in [1.29, 1.82) is 0 Å². The third-order valence-electron chi connectivity index (χ3n) is 4.69. The van der Waals surface area contributed by atoms with Crippen LogP contribution in [0.2, 0.25) is 0 Å². The van der Waals surface area contributed by atoms with Gasteiger partial charge in [0.2, 0.25) is 0 Å². The van der Waals surface area contributed by atoms with E-state index in [9.17, 15) is 0 Å². The number of benzene rings is 1. The third-order valence-corrected chi connectivity index (χ3v) is 4.69. The summed E-state index contributed by atoms with van der Waals surface area (Å²) in [6, 6.07) is 11.0. The van der Waals surface area contributed by atoms with Crippen molar-refractivity contribution in [3.8, 4) is 0 Å². The zero-order valence-corrected chi connectivity index (χ0v) is 12.8. The molecule has 3 rings (SSSR count). The van der Waals surface area contributed by atoms with Crippen LogP contribution < -0.4 is 5.73 Å². The van der Waals surface area contributed by atoms with Crippen LogP contribution in [0.25, 0.3) is 10.9 Å². The number of nitrogens with two attached hydrogens (primary N) is 1. The summed E-state index contributed by atoms with van der Waals surface area (Å²) in [4.78, 5) is 6.96. The van der Waals surface area contributed by atoms with Gasteiger partial charge in [-0.05, 0) is 49.1 Å². The minimum atomic E-state index is 0.344. The molecule has 3 heteroatoms. The van der Waals surface area contributed by atoms with E-state index in [1.54, 1.807) is 0 Å². The molecule has 1 aromatic carbocycles. The second-order valence-corrected chi connectivity index (χ2v) is 6.15. The average Bonchev–Trinajstić information content (AvgIpc) is 2.97. The predicted molar refractivity (Wildman–Crippen MR) is 88.1 cm³/mol. The Labute approximate surface area is 127 Å². The van der Waals surface area contributed by atoms with Gasteiger partial charge in [0.05, 0.1) is 5.52 Å². The van der Waals surface area contributed by atoms with Gasteiger partial charge in [-0.25, -0.2) is 0 Å². The maximum Gasteiger partial charge on any atom is 0.0702 e. The second-order valence-electron chi connectivity index (χ2n) is 6.15. The number of hydrogen-bond donors (Lipinski definition) is 1. The van der Waals surface area contributed by atoms with Crippen molar-refractivity contribution in [2.75, 3.05) is 19.6 Å². The zero-order chi connectivity index (χ0) is 14.7. The molecule has 0 amide bonds. The average molecular weight is 283 g/mol. The molecule has 2 atom stereocenters. The van der Waals surface area contributed by atoms with E-state index in [4.69, 9.17) is 5.73 Å². The third kappa shape index (κ3) is 3.09. The Morgan fingerprint density at radius 3 is 3.10 bits per heavy atom. The molecule has 2 heterocycles. The number of aromatic nitrogens is 1. The smallest absolute Gasteiger partial charge is 0.0702 e. The Morgan fingerprint density at radius 2 is 2.29 bits per heavy atom. The molecule has 1 saturated heterocycles. The Morgan fingerprint density at radius 1 is 1.38 bits per heavy atom. The summed E-state index contributed by atoms with van der Waals surface area (Å²) in [5.41, 5.74) is 8.48. The monoisotopic (exact) mass is 283 g/mol. The van der Waals surface area contributed by atoms with Crippen molar-refractivity contribution in [1.82, 2.24) is 9.88 Å². The van der Waals surface area contributed by atoms with Crippen LogP contribution >= 0.6 is 0 Å². The van der Waals surface area contributed by atoms with Crippen molar-refractivity contribution in [3.63, 3.8) is 0 Å². The molecule has 0 spiro atoms. The van der Waals surface area contributed by atoms with E-state index in [-0.39, 0.29) is 0 Å². The molecule has 0 saturated carbocycles. The van der Waals surface area contributed by atoms with Gasteiger partial charge in [0.1, 0.15) is 0 Å². The summed E-state index contributed by atoms with van der Waals surface area (Å²) >= 11 is 0. The van der Waals surface area contributed by atoms with Crippen LogP contribution in [0.1, 0.15) is 37.8 Å². The fourth-order valence-corrected chi connectivity index (χ4v) is 3.59. The predicted octanol–water partition coefficient (Wildman–Crippen LogP) is 3.36. The Hall–Kier alpha value is -1.45. The van der Waals surface area contributed by atoms with Gasteiger partial charge in [-0.1, -0.05) is 25.5 Å². The first-order valence-corrected chi connectivity index (χ1v) is 8.10. The maximum absolute atomic E-state index is 6.09. The SMILES string of the molecule is CCCC1CCN(C(CN)c2ccc3ncccc3c2)C1. The first-order valence-electron chi connectivity index (χ1n) is 8.10. The Bertz CT molecular complexity index is 596. The van der Waals surface area contributed by atoms with Crippen LogP contribution in [0.4, 0.5) is 0 Å². The van der Waals surface area contributed by atoms with Crippen LogP contribution in [0.5, 0.6) is 0 Å². The van der Waals surface area contributed by atoms with Crippen LogP contribution in [0, 0.1) is 5.92 Å². The minimum Gasteiger partial charge on any atom is -0.329 e. The molecule has 0 aliphatic carbocycles. The molecule has 1 fully saturated rings. The van der Waals surface area contributed by atoms with Gasteiger partial charge < -0.3 is 5.73 Å². The lowest BCUT2D eigenvalue weighted by Crippen LogP contribution is -2.32. The highest BCUT2D eigenvalue weighted by Crippen LogP contribution is 2.30. The summed E-state index contributed by atoms with van der Waals surface area (Å²) < 4.78 is 0. The summed E-state index contributed by atoms with van der Waals surface area (Å²) in [5, 5.41) is 1.21. The number of fused-ring (bicyclic) bond motifs is 1. The largest absolute Gasteiger partial charge is 0.329 e. The van der Waals surface area contributed by atoms with Crippen LogP contribution in [-0.2, 0) is 0 Å². The summed E-state index contributed by atoms with van der Waals surface area (Å²) in [7, 11) is 0. The fourth-order valence-electron chi connectivity index (χ4n) is 3.59. The van der Waals surface area contributed by atoms with Crippen molar-refractivity contribution in [3.05, 3.63) is 42.1 Å². The Kier molecular flexibility index (Phi) is 4.51. The van der Waals surface area contributed by atoms with Crippen molar-refractivity contribution >= 4 is 10.9 Å². The molecule has 21 heavy (non-hydrogen) atoms. The molecule has 112 valence electrons. The van der Waals surface area contributed by atoms with Gasteiger partial charge in [0.25, 0.3) is 0 Å². The molecular formula is C18H25N3. The molecule has 2 aromatic rings. The molecule has 1 aromatic heterocycles. The highest BCUT2D eigenvalue weighted by molar-refractivity contribution is 5.79. The normalized spacial score (nSPS) is 21.0. The van der Waals surface area contributed by atoms with Gasteiger partial charge in [-0.15, -0.1) is 0 Å². The first-order chi connectivity index (χ1) is 10.3. The van der Waals surface area contributed by atoms with Crippen molar-refractivity contribution in [2.24, 2.45) is 11.7 Å². The summed E-state index contributed by atoms with van der Waals surface area (Å²) in [6.07, 6.45) is 5.79. The van der Waals surface area contributed by atoms with E-state index in [1.807, 2.05) is 12.3 Å². The molecule has 1 aliphatic rings. The van der Waals surface area contributed by atoms with E-state index in [2.05, 4.69) is 41.1 Å². The number of rotatable bonds is 5. The van der Waals surface area contributed by atoms with Crippen LogP contribution in [0.3, 0.4) is 0 Å². The minimum absolute atomic E-state index is 0.344. The lowest BCUT2D eigenvalue weighted by Gasteiger charge is -2.27. The number of likely N-dealkylation sites (tertiary alicyclic amines) is 1. The lowest BCUT2D eigenvalue weighted by atomic mass is 10.0. The fraction of sp³-hybridized carbons (Fsp3) is 0.500. The van der Waals surface area contributed by atoms with Crippen LogP contribution in [-0.4, -0.2) is 29.5 Å². The van der Waals surface area contributed by atoms with Crippen LogP contribution in [0.15, 0.2) is 36.5 Å². The summed E-state index contributed by atoms with van der Waals surface area (Å²) in [5.74, 6) is 0.853. The molecular weight excluding hydrogens is 258 g/mol. The highest BCUT2D eigenvalue weighted by Gasteiger charge is 2.27. The van der Waals surface area contributed by atoms with E-state index < -0.39 is 0 Å². The van der Waals surface area contributed by atoms with Gasteiger partial charge in [0.15, 0.2) is 0 Å². The van der Waals surface area contributed by atoms with E-state index in [1.165, 1.54) is 43.3 Å².